The summed E-state index contributed by atoms with van der Waals surface area (Å²) in [5, 5.41) is 9.95. The Morgan fingerprint density at radius 2 is 1.67 bits per heavy atom. The van der Waals surface area contributed by atoms with E-state index in [-0.39, 0.29) is 11.1 Å². The van der Waals surface area contributed by atoms with Gasteiger partial charge in [0.2, 0.25) is 0 Å². The van der Waals surface area contributed by atoms with Crippen molar-refractivity contribution in [3.63, 3.8) is 0 Å². The zero-order valence-corrected chi connectivity index (χ0v) is 9.62. The monoisotopic (exact) mass is 252 g/mol. The summed E-state index contributed by atoms with van der Waals surface area (Å²) in [6.07, 6.45) is -1.32. The number of hydrogen-bond acceptors (Lipinski definition) is 1. The van der Waals surface area contributed by atoms with Gasteiger partial charge in [-0.05, 0) is 30.2 Å². The van der Waals surface area contributed by atoms with Gasteiger partial charge in [-0.1, -0.05) is 18.2 Å². The zero-order valence-electron chi connectivity index (χ0n) is 9.62. The quantitative estimate of drug-likeness (QED) is 0.867. The van der Waals surface area contributed by atoms with E-state index in [1.807, 2.05) is 0 Å². The smallest absolute Gasteiger partial charge is 0.132 e. The lowest BCUT2D eigenvalue weighted by Crippen LogP contribution is -2.04. The van der Waals surface area contributed by atoms with Gasteiger partial charge < -0.3 is 5.11 Å². The molecule has 0 amide bonds. The third-order valence-corrected chi connectivity index (χ3v) is 2.77. The van der Waals surface area contributed by atoms with E-state index in [2.05, 4.69) is 0 Å². The molecular formula is C14H11F3O. The topological polar surface area (TPSA) is 20.2 Å². The third-order valence-electron chi connectivity index (χ3n) is 2.77. The lowest BCUT2D eigenvalue weighted by Gasteiger charge is -2.13. The molecule has 0 saturated heterocycles. The van der Waals surface area contributed by atoms with Crippen LogP contribution >= 0.6 is 0 Å². The van der Waals surface area contributed by atoms with Gasteiger partial charge in [-0.25, -0.2) is 13.2 Å². The van der Waals surface area contributed by atoms with Crippen LogP contribution in [0.4, 0.5) is 13.2 Å². The number of aliphatic hydroxyl groups is 1. The number of hydrogen-bond donors (Lipinski definition) is 1. The van der Waals surface area contributed by atoms with Crippen LogP contribution in [0.5, 0.6) is 0 Å². The molecule has 0 aliphatic rings. The molecule has 0 radical (unpaired) electrons. The molecule has 2 rings (SSSR count). The molecule has 4 heteroatoms. The highest BCUT2D eigenvalue weighted by Gasteiger charge is 2.16. The summed E-state index contributed by atoms with van der Waals surface area (Å²) in [7, 11) is 0. The number of halogens is 3. The van der Waals surface area contributed by atoms with Crippen LogP contribution < -0.4 is 0 Å². The lowest BCUT2D eigenvalue weighted by molar-refractivity contribution is 0.214. The summed E-state index contributed by atoms with van der Waals surface area (Å²) < 4.78 is 39.6. The normalized spacial score (nSPS) is 12.5. The minimum atomic E-state index is -1.32. The maximum atomic E-state index is 13.5. The van der Waals surface area contributed by atoms with Gasteiger partial charge in [-0.2, -0.15) is 0 Å². The maximum absolute atomic E-state index is 13.5. The third kappa shape index (κ3) is 2.38. The second kappa shape index (κ2) is 4.82. The highest BCUT2D eigenvalue weighted by molar-refractivity contribution is 5.33. The Morgan fingerprint density at radius 1 is 0.944 bits per heavy atom. The summed E-state index contributed by atoms with van der Waals surface area (Å²) in [4.78, 5) is 0. The summed E-state index contributed by atoms with van der Waals surface area (Å²) in [5.74, 6) is -2.06. The Balaban J connectivity index is 2.41. The first kappa shape index (κ1) is 12.6. The van der Waals surface area contributed by atoms with Gasteiger partial charge in [0.05, 0.1) is 0 Å². The first-order valence-electron chi connectivity index (χ1n) is 5.38. The molecule has 94 valence electrons. The Labute approximate surface area is 103 Å². The highest BCUT2D eigenvalue weighted by atomic mass is 19.1. The Hall–Kier alpha value is -1.81. The molecule has 0 aliphatic carbocycles. The average Bonchev–Trinajstić information content (AvgIpc) is 2.32. The molecule has 0 bridgehead atoms. The molecule has 1 unspecified atom stereocenters. The van der Waals surface area contributed by atoms with Crippen molar-refractivity contribution in [2.45, 2.75) is 13.0 Å². The number of benzene rings is 2. The van der Waals surface area contributed by atoms with Crippen molar-refractivity contribution >= 4 is 0 Å². The minimum Gasteiger partial charge on any atom is -0.384 e. The first-order valence-corrected chi connectivity index (χ1v) is 5.38. The Bertz CT molecular complexity index is 581. The Morgan fingerprint density at radius 3 is 2.28 bits per heavy atom. The van der Waals surface area contributed by atoms with Gasteiger partial charge in [0.15, 0.2) is 0 Å². The number of aliphatic hydroxyl groups excluding tert-OH is 1. The summed E-state index contributed by atoms with van der Waals surface area (Å²) >= 11 is 0. The number of aryl methyl sites for hydroxylation is 1. The summed E-state index contributed by atoms with van der Waals surface area (Å²) in [6, 6.07) is 7.02. The van der Waals surface area contributed by atoms with E-state index in [0.29, 0.717) is 11.6 Å². The second-order valence-corrected chi connectivity index (χ2v) is 4.08. The van der Waals surface area contributed by atoms with Gasteiger partial charge in [0.1, 0.15) is 23.6 Å². The fraction of sp³-hybridized carbons (Fsp3) is 0.143. The van der Waals surface area contributed by atoms with Gasteiger partial charge >= 0.3 is 0 Å². The molecule has 0 saturated carbocycles. The standard InChI is InChI=1S/C14H11F3O/c1-8-2-3-9(6-12(8)16)14(18)11-5-4-10(15)7-13(11)17/h2-7,14,18H,1H3. The SMILES string of the molecule is Cc1ccc(C(O)c2ccc(F)cc2F)cc1F. The highest BCUT2D eigenvalue weighted by Crippen LogP contribution is 2.25. The molecule has 18 heavy (non-hydrogen) atoms. The first-order chi connectivity index (χ1) is 8.49. The van der Waals surface area contributed by atoms with Crippen LogP contribution in [0, 0.1) is 24.4 Å². The predicted molar refractivity (Wildman–Crippen MR) is 61.6 cm³/mol. The molecule has 0 aromatic heterocycles. The second-order valence-electron chi connectivity index (χ2n) is 4.08. The van der Waals surface area contributed by atoms with E-state index in [9.17, 15) is 18.3 Å². The van der Waals surface area contributed by atoms with Crippen molar-refractivity contribution in [1.29, 1.82) is 0 Å². The van der Waals surface area contributed by atoms with Gasteiger partial charge in [0.25, 0.3) is 0 Å². The summed E-state index contributed by atoms with van der Waals surface area (Å²) in [5.41, 5.74) is 0.578. The van der Waals surface area contributed by atoms with Crippen molar-refractivity contribution in [2.75, 3.05) is 0 Å². The molecule has 1 atom stereocenters. The van der Waals surface area contributed by atoms with Crippen molar-refractivity contribution in [3.05, 3.63) is 70.5 Å². The van der Waals surface area contributed by atoms with Crippen LogP contribution in [-0.2, 0) is 0 Å². The van der Waals surface area contributed by atoms with Crippen LogP contribution in [0.15, 0.2) is 36.4 Å². The summed E-state index contributed by atoms with van der Waals surface area (Å²) in [6.45, 7) is 1.59. The van der Waals surface area contributed by atoms with E-state index in [4.69, 9.17) is 0 Å². The van der Waals surface area contributed by atoms with E-state index in [0.717, 1.165) is 18.2 Å². The lowest BCUT2D eigenvalue weighted by atomic mass is 10.00. The van der Waals surface area contributed by atoms with Gasteiger partial charge in [-0.15, -0.1) is 0 Å². The van der Waals surface area contributed by atoms with Crippen LogP contribution in [0.3, 0.4) is 0 Å². The predicted octanol–water partition coefficient (Wildman–Crippen LogP) is 3.49. The molecule has 0 aliphatic heterocycles. The van der Waals surface area contributed by atoms with Crippen molar-refractivity contribution in [1.82, 2.24) is 0 Å². The van der Waals surface area contributed by atoms with Gasteiger partial charge in [0, 0.05) is 11.6 Å². The van der Waals surface area contributed by atoms with Crippen LogP contribution in [-0.4, -0.2) is 5.11 Å². The van der Waals surface area contributed by atoms with Crippen molar-refractivity contribution in [3.8, 4) is 0 Å². The fourth-order valence-electron chi connectivity index (χ4n) is 1.68. The average molecular weight is 252 g/mol. The molecular weight excluding hydrogens is 241 g/mol. The van der Waals surface area contributed by atoms with E-state index < -0.39 is 23.6 Å². The molecule has 0 heterocycles. The molecule has 1 N–H and O–H groups in total. The van der Waals surface area contributed by atoms with Crippen LogP contribution in [0.2, 0.25) is 0 Å². The van der Waals surface area contributed by atoms with Crippen molar-refractivity contribution in [2.24, 2.45) is 0 Å². The molecule has 2 aromatic carbocycles. The Kier molecular flexibility index (Phi) is 3.39. The molecule has 0 spiro atoms. The maximum Gasteiger partial charge on any atom is 0.132 e. The minimum absolute atomic E-state index is 0.0837. The van der Waals surface area contributed by atoms with E-state index in [1.165, 1.54) is 12.1 Å². The molecule has 0 fully saturated rings. The van der Waals surface area contributed by atoms with Crippen LogP contribution in [0.25, 0.3) is 0 Å². The largest absolute Gasteiger partial charge is 0.384 e. The molecule has 2 aromatic rings. The number of rotatable bonds is 2. The van der Waals surface area contributed by atoms with Crippen molar-refractivity contribution < 1.29 is 18.3 Å². The van der Waals surface area contributed by atoms with E-state index >= 15 is 0 Å². The van der Waals surface area contributed by atoms with Gasteiger partial charge in [-0.3, -0.25) is 0 Å². The zero-order chi connectivity index (χ0) is 13.3. The van der Waals surface area contributed by atoms with E-state index in [1.54, 1.807) is 6.92 Å². The molecule has 1 nitrogen and oxygen atoms in total. The fourth-order valence-corrected chi connectivity index (χ4v) is 1.68. The van der Waals surface area contributed by atoms with Crippen LogP contribution in [0.1, 0.15) is 22.8 Å².